The van der Waals surface area contributed by atoms with Gasteiger partial charge in [0.25, 0.3) is 0 Å². The zero-order chi connectivity index (χ0) is 13.8. The Kier molecular flexibility index (Phi) is 5.53. The van der Waals surface area contributed by atoms with Crippen LogP contribution in [0.3, 0.4) is 0 Å². The Labute approximate surface area is 115 Å². The average Bonchev–Trinajstić information content (AvgIpc) is 3.12. The topological polar surface area (TPSA) is 38.3 Å². The standard InChI is InChI=1S/C14H27NO2S/c1-6-9-15-14(11-7-8-11,12(16)17-5)10-18-13(2,3)4/h11,15H,6-10H2,1-5H3. The molecule has 0 aliphatic heterocycles. The van der Waals surface area contributed by atoms with E-state index in [4.69, 9.17) is 4.74 Å². The number of thioether (sulfide) groups is 1. The number of methoxy groups -OCH3 is 1. The molecule has 0 heterocycles. The molecule has 18 heavy (non-hydrogen) atoms. The molecule has 0 aromatic heterocycles. The lowest BCUT2D eigenvalue weighted by molar-refractivity contribution is -0.148. The highest BCUT2D eigenvalue weighted by atomic mass is 32.2. The van der Waals surface area contributed by atoms with Crippen molar-refractivity contribution in [2.24, 2.45) is 5.92 Å². The molecule has 106 valence electrons. The summed E-state index contributed by atoms with van der Waals surface area (Å²) in [6.45, 7) is 9.56. The summed E-state index contributed by atoms with van der Waals surface area (Å²) >= 11 is 1.84. The molecule has 0 aromatic carbocycles. The summed E-state index contributed by atoms with van der Waals surface area (Å²) in [6.07, 6.45) is 3.30. The van der Waals surface area contributed by atoms with Gasteiger partial charge in [0.15, 0.2) is 0 Å². The van der Waals surface area contributed by atoms with Crippen LogP contribution in [0.5, 0.6) is 0 Å². The maximum Gasteiger partial charge on any atom is 0.327 e. The van der Waals surface area contributed by atoms with E-state index < -0.39 is 5.54 Å². The van der Waals surface area contributed by atoms with Crippen LogP contribution in [-0.2, 0) is 9.53 Å². The third-order valence-electron chi connectivity index (χ3n) is 3.25. The summed E-state index contributed by atoms with van der Waals surface area (Å²) in [4.78, 5) is 12.2. The molecule has 0 aromatic rings. The molecular weight excluding hydrogens is 246 g/mol. The SMILES string of the molecule is CCCNC(CSC(C)(C)C)(C(=O)OC)C1CC1. The summed E-state index contributed by atoms with van der Waals surface area (Å²) in [5.74, 6) is 1.16. The second-order valence-electron chi connectivity index (χ2n) is 6.07. The van der Waals surface area contributed by atoms with Gasteiger partial charge in [0.05, 0.1) is 7.11 Å². The number of ether oxygens (including phenoxy) is 1. The van der Waals surface area contributed by atoms with Crippen molar-refractivity contribution in [2.45, 2.75) is 57.2 Å². The fourth-order valence-electron chi connectivity index (χ4n) is 2.05. The summed E-state index contributed by atoms with van der Waals surface area (Å²) in [7, 11) is 1.49. The number of nitrogens with one attached hydrogen (secondary N) is 1. The number of rotatable bonds is 7. The van der Waals surface area contributed by atoms with Gasteiger partial charge in [-0.25, -0.2) is 0 Å². The van der Waals surface area contributed by atoms with E-state index >= 15 is 0 Å². The van der Waals surface area contributed by atoms with Crippen LogP contribution in [0.25, 0.3) is 0 Å². The zero-order valence-electron chi connectivity index (χ0n) is 12.3. The van der Waals surface area contributed by atoms with Gasteiger partial charge in [-0.05, 0) is 31.7 Å². The van der Waals surface area contributed by atoms with Crippen LogP contribution in [0.15, 0.2) is 0 Å². The van der Waals surface area contributed by atoms with Gasteiger partial charge in [-0.1, -0.05) is 27.7 Å². The van der Waals surface area contributed by atoms with E-state index in [0.29, 0.717) is 5.92 Å². The lowest BCUT2D eigenvalue weighted by Gasteiger charge is -2.34. The maximum atomic E-state index is 12.2. The minimum atomic E-state index is -0.470. The molecule has 3 nitrogen and oxygen atoms in total. The van der Waals surface area contributed by atoms with Gasteiger partial charge in [-0.3, -0.25) is 4.79 Å². The minimum Gasteiger partial charge on any atom is -0.468 e. The van der Waals surface area contributed by atoms with Gasteiger partial charge in [0.2, 0.25) is 0 Å². The van der Waals surface area contributed by atoms with Crippen molar-refractivity contribution in [3.63, 3.8) is 0 Å². The Morgan fingerprint density at radius 1 is 1.39 bits per heavy atom. The Bertz CT molecular complexity index is 284. The second kappa shape index (κ2) is 6.29. The lowest BCUT2D eigenvalue weighted by Crippen LogP contribution is -2.57. The first kappa shape index (κ1) is 15.8. The van der Waals surface area contributed by atoms with Gasteiger partial charge in [-0.15, -0.1) is 0 Å². The molecule has 1 atom stereocenters. The Morgan fingerprint density at radius 3 is 2.39 bits per heavy atom. The van der Waals surface area contributed by atoms with Crippen LogP contribution >= 0.6 is 11.8 Å². The second-order valence-corrected chi connectivity index (χ2v) is 7.87. The first-order chi connectivity index (χ1) is 8.35. The van der Waals surface area contributed by atoms with E-state index in [-0.39, 0.29) is 10.7 Å². The van der Waals surface area contributed by atoms with Gasteiger partial charge < -0.3 is 10.1 Å². The predicted molar refractivity (Wildman–Crippen MR) is 78.0 cm³/mol. The summed E-state index contributed by atoms with van der Waals surface area (Å²) in [5.41, 5.74) is -0.470. The number of hydrogen-bond donors (Lipinski definition) is 1. The van der Waals surface area contributed by atoms with Crippen LogP contribution in [0, 0.1) is 5.92 Å². The Morgan fingerprint density at radius 2 is 2.00 bits per heavy atom. The quantitative estimate of drug-likeness (QED) is 0.724. The Balaban J connectivity index is 2.79. The van der Waals surface area contributed by atoms with Crippen molar-refractivity contribution in [1.29, 1.82) is 0 Å². The lowest BCUT2D eigenvalue weighted by atomic mass is 9.95. The molecule has 1 unspecified atom stereocenters. The third kappa shape index (κ3) is 4.16. The molecule has 1 aliphatic carbocycles. The molecule has 0 radical (unpaired) electrons. The molecule has 0 spiro atoms. The van der Waals surface area contributed by atoms with Crippen LogP contribution in [0.2, 0.25) is 0 Å². The van der Waals surface area contributed by atoms with Crippen LogP contribution < -0.4 is 5.32 Å². The van der Waals surface area contributed by atoms with E-state index in [1.54, 1.807) is 0 Å². The number of esters is 1. The molecule has 0 saturated heterocycles. The van der Waals surface area contributed by atoms with E-state index in [0.717, 1.165) is 31.6 Å². The van der Waals surface area contributed by atoms with E-state index in [2.05, 4.69) is 33.0 Å². The highest BCUT2D eigenvalue weighted by Crippen LogP contribution is 2.43. The first-order valence-electron chi connectivity index (χ1n) is 6.83. The fraction of sp³-hybridized carbons (Fsp3) is 0.929. The number of carbonyl (C=O) groups is 1. The van der Waals surface area contributed by atoms with Crippen molar-refractivity contribution >= 4 is 17.7 Å². The van der Waals surface area contributed by atoms with Crippen molar-refractivity contribution in [2.75, 3.05) is 19.4 Å². The van der Waals surface area contributed by atoms with E-state index in [9.17, 15) is 4.79 Å². The number of carbonyl (C=O) groups excluding carboxylic acids is 1. The molecule has 1 aliphatic rings. The summed E-state index contributed by atoms with van der Waals surface area (Å²) in [5, 5.41) is 3.47. The van der Waals surface area contributed by atoms with Crippen molar-refractivity contribution in [3.8, 4) is 0 Å². The van der Waals surface area contributed by atoms with Gasteiger partial charge in [-0.2, -0.15) is 11.8 Å². The highest BCUT2D eigenvalue weighted by molar-refractivity contribution is 8.00. The molecule has 1 saturated carbocycles. The Hall–Kier alpha value is -0.220. The highest BCUT2D eigenvalue weighted by Gasteiger charge is 2.51. The molecular formula is C14H27NO2S. The van der Waals surface area contributed by atoms with Gasteiger partial charge >= 0.3 is 5.97 Å². The smallest absolute Gasteiger partial charge is 0.327 e. The monoisotopic (exact) mass is 273 g/mol. The summed E-state index contributed by atoms with van der Waals surface area (Å²) < 4.78 is 5.23. The average molecular weight is 273 g/mol. The van der Waals surface area contributed by atoms with Gasteiger partial charge in [0, 0.05) is 10.5 Å². The van der Waals surface area contributed by atoms with Crippen molar-refractivity contribution in [1.82, 2.24) is 5.32 Å². The molecule has 0 amide bonds. The molecule has 4 heteroatoms. The largest absolute Gasteiger partial charge is 0.468 e. The normalized spacial score (nSPS) is 19.4. The third-order valence-corrected chi connectivity index (χ3v) is 4.71. The summed E-state index contributed by atoms with van der Waals surface area (Å²) in [6, 6.07) is 0. The van der Waals surface area contributed by atoms with E-state index in [1.165, 1.54) is 7.11 Å². The minimum absolute atomic E-state index is 0.0878. The molecule has 1 N–H and O–H groups in total. The van der Waals surface area contributed by atoms with Crippen LogP contribution in [-0.4, -0.2) is 35.7 Å². The van der Waals surface area contributed by atoms with Crippen molar-refractivity contribution in [3.05, 3.63) is 0 Å². The maximum absolute atomic E-state index is 12.2. The fourth-order valence-corrected chi connectivity index (χ4v) is 3.16. The molecule has 1 fully saturated rings. The predicted octanol–water partition coefficient (Wildman–Crippen LogP) is 2.84. The van der Waals surface area contributed by atoms with Crippen LogP contribution in [0.4, 0.5) is 0 Å². The first-order valence-corrected chi connectivity index (χ1v) is 7.81. The zero-order valence-corrected chi connectivity index (χ0v) is 13.2. The number of hydrogen-bond acceptors (Lipinski definition) is 4. The molecule has 0 bridgehead atoms. The van der Waals surface area contributed by atoms with Crippen molar-refractivity contribution < 1.29 is 9.53 Å². The van der Waals surface area contributed by atoms with E-state index in [1.807, 2.05) is 11.8 Å². The van der Waals surface area contributed by atoms with Crippen LogP contribution in [0.1, 0.15) is 47.0 Å². The molecule has 1 rings (SSSR count). The van der Waals surface area contributed by atoms with Gasteiger partial charge in [0.1, 0.15) is 5.54 Å².